The van der Waals surface area contributed by atoms with E-state index in [1.165, 1.54) is 6.07 Å². The van der Waals surface area contributed by atoms with Crippen molar-refractivity contribution in [1.82, 2.24) is 0 Å². The molecule has 0 saturated heterocycles. The highest BCUT2D eigenvalue weighted by Crippen LogP contribution is 2.48. The van der Waals surface area contributed by atoms with Gasteiger partial charge in [0, 0.05) is 42.7 Å². The lowest BCUT2D eigenvalue weighted by molar-refractivity contribution is -0.140. The van der Waals surface area contributed by atoms with Gasteiger partial charge in [-0.25, -0.2) is 0 Å². The third-order valence-corrected chi connectivity index (χ3v) is 5.81. The van der Waals surface area contributed by atoms with E-state index in [1.54, 1.807) is 18.2 Å². The molecule has 28 heavy (non-hydrogen) atoms. The lowest BCUT2D eigenvalue weighted by Gasteiger charge is -2.39. The van der Waals surface area contributed by atoms with Gasteiger partial charge >= 0.3 is 0 Å². The Bertz CT molecular complexity index is 855. The highest BCUT2D eigenvalue weighted by molar-refractivity contribution is 6.09. The number of ketones is 3. The second-order valence-corrected chi connectivity index (χ2v) is 9.77. The van der Waals surface area contributed by atoms with Crippen LogP contribution < -0.4 is 0 Å². The molecule has 0 radical (unpaired) electrons. The summed E-state index contributed by atoms with van der Waals surface area (Å²) in [4.78, 5) is 39.0. The van der Waals surface area contributed by atoms with Crippen molar-refractivity contribution < 1.29 is 24.6 Å². The number of phenolic OH excluding ortho intramolecular Hbond substituents is 1. The van der Waals surface area contributed by atoms with Crippen LogP contribution in [0.2, 0.25) is 0 Å². The maximum atomic E-state index is 13.0. The summed E-state index contributed by atoms with van der Waals surface area (Å²) in [5, 5.41) is 21.2. The van der Waals surface area contributed by atoms with E-state index >= 15 is 0 Å². The van der Waals surface area contributed by atoms with Crippen LogP contribution in [-0.4, -0.2) is 27.6 Å². The van der Waals surface area contributed by atoms with Crippen molar-refractivity contribution in [3.8, 4) is 5.75 Å². The summed E-state index contributed by atoms with van der Waals surface area (Å²) in [6.45, 7) is 7.54. The molecule has 0 heterocycles. The van der Waals surface area contributed by atoms with Crippen LogP contribution >= 0.6 is 0 Å². The summed E-state index contributed by atoms with van der Waals surface area (Å²) in [5.74, 6) is -2.95. The van der Waals surface area contributed by atoms with Crippen LogP contribution in [0, 0.1) is 16.7 Å². The Morgan fingerprint density at radius 2 is 1.39 bits per heavy atom. The molecule has 150 valence electrons. The van der Waals surface area contributed by atoms with Gasteiger partial charge < -0.3 is 10.2 Å². The van der Waals surface area contributed by atoms with Crippen molar-refractivity contribution in [3.05, 3.63) is 41.2 Å². The van der Waals surface area contributed by atoms with Crippen molar-refractivity contribution in [2.45, 2.75) is 59.3 Å². The van der Waals surface area contributed by atoms with E-state index < -0.39 is 22.7 Å². The smallest absolute Gasteiger partial charge is 0.163 e. The van der Waals surface area contributed by atoms with Gasteiger partial charge in [-0.2, -0.15) is 0 Å². The fourth-order valence-electron chi connectivity index (χ4n) is 4.68. The molecule has 1 aromatic rings. The van der Waals surface area contributed by atoms with E-state index in [1.807, 2.05) is 27.7 Å². The standard InChI is InChI=1S/C23H28O5/c1-22(2)9-15(25)20(16(26)10-22)19(13-7-5-6-8-14(13)24)21-17(27)11-23(3,4)12-18(21)28/h5-8,19-20,24,27H,9-12H2,1-4H3. The third kappa shape index (κ3) is 3.75. The van der Waals surface area contributed by atoms with Gasteiger partial charge in [0.1, 0.15) is 23.1 Å². The summed E-state index contributed by atoms with van der Waals surface area (Å²) in [5.41, 5.74) is -0.379. The number of aliphatic hydroxyl groups excluding tert-OH is 1. The van der Waals surface area contributed by atoms with Crippen LogP contribution in [0.4, 0.5) is 0 Å². The van der Waals surface area contributed by atoms with E-state index in [9.17, 15) is 24.6 Å². The Labute approximate surface area is 165 Å². The number of aliphatic hydroxyl groups is 1. The van der Waals surface area contributed by atoms with Gasteiger partial charge in [0.15, 0.2) is 5.78 Å². The molecular weight excluding hydrogens is 356 g/mol. The first kappa shape index (κ1) is 20.3. The summed E-state index contributed by atoms with van der Waals surface area (Å²) >= 11 is 0. The van der Waals surface area contributed by atoms with E-state index in [2.05, 4.69) is 0 Å². The number of benzene rings is 1. The average Bonchev–Trinajstić information content (AvgIpc) is 2.50. The van der Waals surface area contributed by atoms with Gasteiger partial charge in [0.2, 0.25) is 0 Å². The van der Waals surface area contributed by atoms with Crippen LogP contribution in [-0.2, 0) is 14.4 Å². The summed E-state index contributed by atoms with van der Waals surface area (Å²) < 4.78 is 0. The summed E-state index contributed by atoms with van der Waals surface area (Å²) in [6.07, 6.45) is 0.957. The fraction of sp³-hybridized carbons (Fsp3) is 0.522. The average molecular weight is 384 g/mol. The van der Waals surface area contributed by atoms with Crippen molar-refractivity contribution in [2.75, 3.05) is 0 Å². The number of allylic oxidation sites excluding steroid dienone is 2. The second-order valence-electron chi connectivity index (χ2n) is 9.77. The molecule has 0 aromatic heterocycles. The number of rotatable bonds is 3. The minimum Gasteiger partial charge on any atom is -0.512 e. The van der Waals surface area contributed by atoms with Crippen LogP contribution in [0.1, 0.15) is 64.9 Å². The van der Waals surface area contributed by atoms with E-state index in [0.717, 1.165) is 0 Å². The lowest BCUT2D eigenvalue weighted by Crippen LogP contribution is -2.43. The molecule has 0 aliphatic heterocycles. The lowest BCUT2D eigenvalue weighted by atomic mass is 9.62. The van der Waals surface area contributed by atoms with Gasteiger partial charge in [-0.3, -0.25) is 14.4 Å². The van der Waals surface area contributed by atoms with Crippen molar-refractivity contribution in [2.24, 2.45) is 16.7 Å². The number of para-hydroxylation sites is 1. The van der Waals surface area contributed by atoms with E-state index in [4.69, 9.17) is 0 Å². The van der Waals surface area contributed by atoms with E-state index in [-0.39, 0.29) is 53.7 Å². The number of Topliss-reactive ketones (excluding diaryl/α,β-unsaturated/α-hetero) is 3. The van der Waals surface area contributed by atoms with Gasteiger partial charge in [0.25, 0.3) is 0 Å². The SMILES string of the molecule is CC1(C)CC(=O)C(C(C2=C(O)CC(C)(C)CC2=O)c2ccccc2O)C(=O)C1. The topological polar surface area (TPSA) is 91.7 Å². The number of hydrogen-bond acceptors (Lipinski definition) is 5. The molecule has 5 nitrogen and oxygen atoms in total. The van der Waals surface area contributed by atoms with Crippen molar-refractivity contribution in [3.63, 3.8) is 0 Å². The van der Waals surface area contributed by atoms with Gasteiger partial charge in [0.05, 0.1) is 5.92 Å². The second kappa shape index (κ2) is 6.87. The molecular formula is C23H28O5. The molecule has 1 unspecified atom stereocenters. The van der Waals surface area contributed by atoms with Gasteiger partial charge in [-0.1, -0.05) is 45.9 Å². The number of phenols is 1. The molecule has 2 N–H and O–H groups in total. The number of aromatic hydroxyl groups is 1. The van der Waals surface area contributed by atoms with Gasteiger partial charge in [-0.15, -0.1) is 0 Å². The third-order valence-electron chi connectivity index (χ3n) is 5.81. The highest BCUT2D eigenvalue weighted by atomic mass is 16.3. The first-order valence-corrected chi connectivity index (χ1v) is 9.70. The fourth-order valence-corrected chi connectivity index (χ4v) is 4.68. The van der Waals surface area contributed by atoms with Gasteiger partial charge in [-0.05, 0) is 16.9 Å². The maximum Gasteiger partial charge on any atom is 0.163 e. The maximum absolute atomic E-state index is 13.0. The molecule has 5 heteroatoms. The Kier molecular flexibility index (Phi) is 4.98. The largest absolute Gasteiger partial charge is 0.512 e. The molecule has 2 aliphatic rings. The highest BCUT2D eigenvalue weighted by Gasteiger charge is 2.49. The summed E-state index contributed by atoms with van der Waals surface area (Å²) in [6, 6.07) is 6.43. The zero-order valence-corrected chi connectivity index (χ0v) is 16.9. The number of hydrogen-bond donors (Lipinski definition) is 2. The zero-order valence-electron chi connectivity index (χ0n) is 16.9. The van der Waals surface area contributed by atoms with Crippen LogP contribution in [0.3, 0.4) is 0 Å². The van der Waals surface area contributed by atoms with Crippen LogP contribution in [0.25, 0.3) is 0 Å². The molecule has 1 fully saturated rings. The van der Waals surface area contributed by atoms with Crippen LogP contribution in [0.15, 0.2) is 35.6 Å². The predicted molar refractivity (Wildman–Crippen MR) is 105 cm³/mol. The van der Waals surface area contributed by atoms with Crippen molar-refractivity contribution >= 4 is 17.3 Å². The number of carbonyl (C=O) groups is 3. The molecule has 1 atom stereocenters. The Balaban J connectivity index is 2.18. The quantitative estimate of drug-likeness (QED) is 0.760. The zero-order chi connectivity index (χ0) is 20.9. The molecule has 1 aromatic carbocycles. The molecule has 3 rings (SSSR count). The van der Waals surface area contributed by atoms with Crippen LogP contribution in [0.5, 0.6) is 5.75 Å². The monoisotopic (exact) mass is 384 g/mol. The molecule has 0 bridgehead atoms. The Morgan fingerprint density at radius 1 is 0.857 bits per heavy atom. The molecule has 1 saturated carbocycles. The molecule has 2 aliphatic carbocycles. The molecule has 0 spiro atoms. The Hall–Kier alpha value is -2.43. The predicted octanol–water partition coefficient (Wildman–Crippen LogP) is 4.25. The Morgan fingerprint density at radius 3 is 1.93 bits per heavy atom. The van der Waals surface area contributed by atoms with Crippen molar-refractivity contribution in [1.29, 1.82) is 0 Å². The summed E-state index contributed by atoms with van der Waals surface area (Å²) in [7, 11) is 0. The number of carbonyl (C=O) groups excluding carboxylic acids is 3. The normalized spacial score (nSPS) is 23.8. The first-order valence-electron chi connectivity index (χ1n) is 9.70. The minimum atomic E-state index is -1.07. The molecule has 0 amide bonds. The first-order chi connectivity index (χ1) is 12.9. The minimum absolute atomic E-state index is 0.0834. The van der Waals surface area contributed by atoms with E-state index in [0.29, 0.717) is 12.0 Å².